The van der Waals surface area contributed by atoms with E-state index >= 15 is 0 Å². The number of rotatable bonds is 4. The molecule has 2 rings (SSSR count). The van der Waals surface area contributed by atoms with E-state index in [1.807, 2.05) is 37.3 Å². The summed E-state index contributed by atoms with van der Waals surface area (Å²) in [6.45, 7) is 5.27. The topological polar surface area (TPSA) is 20.3 Å². The molecule has 18 heavy (non-hydrogen) atoms. The minimum atomic E-state index is 0. The molecule has 1 aliphatic heterocycles. The molecule has 1 aromatic carbocycles. The van der Waals surface area contributed by atoms with Crippen molar-refractivity contribution < 1.29 is 4.79 Å². The molecule has 0 N–H and O–H groups in total. The highest BCUT2D eigenvalue weighted by atomic mass is 35.5. The quantitative estimate of drug-likeness (QED) is 0.779. The zero-order valence-corrected chi connectivity index (χ0v) is 11.8. The summed E-state index contributed by atoms with van der Waals surface area (Å²) in [5.41, 5.74) is 0.844. The first kappa shape index (κ1) is 15.2. The predicted octanol–water partition coefficient (Wildman–Crippen LogP) is 3.41. The summed E-state index contributed by atoms with van der Waals surface area (Å²) in [7, 11) is 0. The number of hydrogen-bond acceptors (Lipinski definition) is 2. The van der Waals surface area contributed by atoms with Crippen molar-refractivity contribution in [2.45, 2.75) is 26.2 Å². The lowest BCUT2D eigenvalue weighted by atomic mass is 9.98. The number of ketones is 1. The van der Waals surface area contributed by atoms with Gasteiger partial charge in [-0.2, -0.15) is 0 Å². The number of carbonyl (C=O) groups is 1. The molecule has 3 heteroatoms. The Morgan fingerprint density at radius 2 is 1.78 bits per heavy atom. The molecular weight excluding hydrogens is 246 g/mol. The normalized spacial score (nSPS) is 17.8. The average molecular weight is 268 g/mol. The van der Waals surface area contributed by atoms with Crippen LogP contribution >= 0.6 is 12.4 Å². The first-order chi connectivity index (χ1) is 8.27. The van der Waals surface area contributed by atoms with E-state index in [0.717, 1.165) is 25.2 Å². The van der Waals surface area contributed by atoms with Crippen LogP contribution in [0, 0.1) is 5.92 Å². The van der Waals surface area contributed by atoms with Gasteiger partial charge in [-0.15, -0.1) is 12.4 Å². The Balaban J connectivity index is 0.00000162. The number of halogens is 1. The Kier molecular flexibility index (Phi) is 6.37. The Hall–Kier alpha value is -0.860. The Bertz CT molecular complexity index is 360. The van der Waals surface area contributed by atoms with Crippen LogP contribution < -0.4 is 0 Å². The monoisotopic (exact) mass is 267 g/mol. The molecule has 1 heterocycles. The molecule has 0 aliphatic carbocycles. The first-order valence-electron chi connectivity index (χ1n) is 6.59. The molecule has 1 aliphatic rings. The summed E-state index contributed by atoms with van der Waals surface area (Å²) in [6.07, 6.45) is 3.91. The van der Waals surface area contributed by atoms with Gasteiger partial charge in [0.25, 0.3) is 0 Å². The second-order valence-corrected chi connectivity index (χ2v) is 4.99. The second kappa shape index (κ2) is 7.55. The molecule has 0 radical (unpaired) electrons. The number of benzene rings is 1. The van der Waals surface area contributed by atoms with Gasteiger partial charge in [-0.1, -0.05) is 43.7 Å². The van der Waals surface area contributed by atoms with Gasteiger partial charge in [0.2, 0.25) is 0 Å². The maximum atomic E-state index is 12.2. The highest BCUT2D eigenvalue weighted by Gasteiger charge is 2.19. The third-order valence-corrected chi connectivity index (χ3v) is 3.49. The maximum Gasteiger partial charge on any atom is 0.166 e. The summed E-state index contributed by atoms with van der Waals surface area (Å²) in [5.74, 6) is 0.381. The van der Waals surface area contributed by atoms with Gasteiger partial charge < -0.3 is 4.90 Å². The van der Waals surface area contributed by atoms with Crippen molar-refractivity contribution in [2.75, 3.05) is 19.6 Å². The largest absolute Gasteiger partial charge is 0.303 e. The molecule has 2 nitrogen and oxygen atoms in total. The fourth-order valence-corrected chi connectivity index (χ4v) is 2.50. The van der Waals surface area contributed by atoms with Crippen LogP contribution in [0.1, 0.15) is 36.5 Å². The van der Waals surface area contributed by atoms with Crippen molar-refractivity contribution in [3.05, 3.63) is 35.9 Å². The highest BCUT2D eigenvalue weighted by molar-refractivity contribution is 5.97. The van der Waals surface area contributed by atoms with E-state index in [2.05, 4.69) is 4.90 Å². The summed E-state index contributed by atoms with van der Waals surface area (Å²) in [6, 6.07) is 9.64. The lowest BCUT2D eigenvalue weighted by molar-refractivity contribution is 0.0883. The molecule has 0 aromatic heterocycles. The summed E-state index contributed by atoms with van der Waals surface area (Å²) in [4.78, 5) is 14.6. The van der Waals surface area contributed by atoms with Crippen molar-refractivity contribution in [2.24, 2.45) is 5.92 Å². The summed E-state index contributed by atoms with van der Waals surface area (Å²) in [5, 5.41) is 0. The number of hydrogen-bond donors (Lipinski definition) is 0. The van der Waals surface area contributed by atoms with Crippen molar-refractivity contribution in [1.29, 1.82) is 0 Å². The smallest absolute Gasteiger partial charge is 0.166 e. The first-order valence-corrected chi connectivity index (χ1v) is 6.59. The fourth-order valence-electron chi connectivity index (χ4n) is 2.50. The van der Waals surface area contributed by atoms with E-state index in [1.54, 1.807) is 0 Å². The maximum absolute atomic E-state index is 12.2. The number of likely N-dealkylation sites (tertiary alicyclic amines) is 1. The van der Waals surface area contributed by atoms with Crippen molar-refractivity contribution in [3.8, 4) is 0 Å². The van der Waals surface area contributed by atoms with E-state index < -0.39 is 0 Å². The van der Waals surface area contributed by atoms with Gasteiger partial charge >= 0.3 is 0 Å². The van der Waals surface area contributed by atoms with Crippen LogP contribution in [-0.2, 0) is 0 Å². The van der Waals surface area contributed by atoms with E-state index in [-0.39, 0.29) is 24.1 Å². The minimum Gasteiger partial charge on any atom is -0.303 e. The number of piperidine rings is 1. The molecule has 0 amide bonds. The molecule has 0 spiro atoms. The van der Waals surface area contributed by atoms with Crippen LogP contribution in [0.3, 0.4) is 0 Å². The second-order valence-electron chi connectivity index (χ2n) is 4.99. The zero-order chi connectivity index (χ0) is 12.1. The molecule has 1 fully saturated rings. The predicted molar refractivity (Wildman–Crippen MR) is 77.5 cm³/mol. The summed E-state index contributed by atoms with van der Waals surface area (Å²) >= 11 is 0. The van der Waals surface area contributed by atoms with E-state index in [1.165, 1.54) is 19.3 Å². The number of carbonyl (C=O) groups excluding carboxylic acids is 1. The molecule has 1 saturated heterocycles. The SMILES string of the molecule is CC(CN1CCCCC1)C(=O)c1ccccc1.Cl. The number of nitrogens with zero attached hydrogens (tertiary/aromatic N) is 1. The van der Waals surface area contributed by atoms with E-state index in [4.69, 9.17) is 0 Å². The van der Waals surface area contributed by atoms with Gasteiger partial charge in [0, 0.05) is 18.0 Å². The molecular formula is C15H22ClNO. The molecule has 1 atom stereocenters. The lowest BCUT2D eigenvalue weighted by Gasteiger charge is -2.28. The third-order valence-electron chi connectivity index (χ3n) is 3.49. The van der Waals surface area contributed by atoms with Crippen LogP contribution in [0.2, 0.25) is 0 Å². The summed E-state index contributed by atoms with van der Waals surface area (Å²) < 4.78 is 0. The fraction of sp³-hybridized carbons (Fsp3) is 0.533. The molecule has 1 aromatic rings. The van der Waals surface area contributed by atoms with Gasteiger partial charge in [0.1, 0.15) is 0 Å². The van der Waals surface area contributed by atoms with Crippen molar-refractivity contribution >= 4 is 18.2 Å². The average Bonchev–Trinajstić information content (AvgIpc) is 2.40. The molecule has 1 unspecified atom stereocenters. The Morgan fingerprint density at radius 3 is 2.39 bits per heavy atom. The van der Waals surface area contributed by atoms with E-state index in [9.17, 15) is 4.79 Å². The van der Waals surface area contributed by atoms with Crippen LogP contribution in [0.25, 0.3) is 0 Å². The van der Waals surface area contributed by atoms with Gasteiger partial charge in [0.15, 0.2) is 5.78 Å². The van der Waals surface area contributed by atoms with Crippen molar-refractivity contribution in [3.63, 3.8) is 0 Å². The van der Waals surface area contributed by atoms with Crippen LogP contribution in [0.5, 0.6) is 0 Å². The molecule has 0 saturated carbocycles. The van der Waals surface area contributed by atoms with Crippen LogP contribution in [-0.4, -0.2) is 30.3 Å². The Morgan fingerprint density at radius 1 is 1.17 bits per heavy atom. The Labute approximate surface area is 116 Å². The van der Waals surface area contributed by atoms with Gasteiger partial charge in [-0.05, 0) is 25.9 Å². The van der Waals surface area contributed by atoms with Gasteiger partial charge in [0.05, 0.1) is 0 Å². The molecule has 100 valence electrons. The zero-order valence-electron chi connectivity index (χ0n) is 11.0. The third kappa shape index (κ3) is 4.11. The number of Topliss-reactive ketones (excluding diaryl/α,β-unsaturated/α-hetero) is 1. The standard InChI is InChI=1S/C15H21NO.ClH/c1-13(12-16-10-6-3-7-11-16)15(17)14-8-4-2-5-9-14;/h2,4-5,8-9,13H,3,6-7,10-12H2,1H3;1H. The van der Waals surface area contributed by atoms with Crippen molar-refractivity contribution in [1.82, 2.24) is 4.90 Å². The van der Waals surface area contributed by atoms with E-state index in [0.29, 0.717) is 0 Å². The molecule has 0 bridgehead atoms. The van der Waals surface area contributed by atoms with Gasteiger partial charge in [-0.25, -0.2) is 0 Å². The highest BCUT2D eigenvalue weighted by Crippen LogP contribution is 2.14. The minimum absolute atomic E-state index is 0. The van der Waals surface area contributed by atoms with Gasteiger partial charge in [-0.3, -0.25) is 4.79 Å². The van der Waals surface area contributed by atoms with Crippen LogP contribution in [0.4, 0.5) is 0 Å². The lowest BCUT2D eigenvalue weighted by Crippen LogP contribution is -2.35. The van der Waals surface area contributed by atoms with Crippen LogP contribution in [0.15, 0.2) is 30.3 Å².